The normalized spacial score (nSPS) is 34.8. The molecule has 0 radical (unpaired) electrons. The maximum atomic E-state index is 11.4. The lowest BCUT2D eigenvalue weighted by atomic mass is 9.89. The van der Waals surface area contributed by atoms with Gasteiger partial charge in [0.25, 0.3) is 0 Å². The van der Waals surface area contributed by atoms with Gasteiger partial charge in [-0.05, 0) is 68.4 Å². The molecule has 5 rings (SSSR count). The summed E-state index contributed by atoms with van der Waals surface area (Å²) in [7, 11) is 0. The molecule has 0 amide bonds. The molecule has 2 saturated heterocycles. The molecular weight excluding hydrogens is 444 g/mol. The first kappa shape index (κ1) is 25.1. The molecule has 2 aliphatic heterocycles. The fourth-order valence-corrected chi connectivity index (χ4v) is 6.32. The van der Waals surface area contributed by atoms with E-state index in [4.69, 9.17) is 18.9 Å². The van der Waals surface area contributed by atoms with Gasteiger partial charge < -0.3 is 28.8 Å². The molecule has 2 heterocycles. The van der Waals surface area contributed by atoms with Crippen molar-refractivity contribution in [2.24, 2.45) is 17.8 Å². The van der Waals surface area contributed by atoms with E-state index >= 15 is 0 Å². The summed E-state index contributed by atoms with van der Waals surface area (Å²) in [5.74, 6) is 0.138. The Morgan fingerprint density at radius 2 is 1.69 bits per heavy atom. The summed E-state index contributed by atoms with van der Waals surface area (Å²) in [6.45, 7) is 1.47. The number of aldehydes is 1. The molecule has 0 spiro atoms. The van der Waals surface area contributed by atoms with Crippen molar-refractivity contribution in [2.75, 3.05) is 13.2 Å². The van der Waals surface area contributed by atoms with Crippen LogP contribution in [-0.4, -0.2) is 55.5 Å². The maximum Gasteiger partial charge on any atom is 0.158 e. The highest BCUT2D eigenvalue weighted by atomic mass is 16.7. The zero-order chi connectivity index (χ0) is 24.0. The van der Waals surface area contributed by atoms with Crippen LogP contribution in [0.4, 0.5) is 0 Å². The lowest BCUT2D eigenvalue weighted by molar-refractivity contribution is -0.193. The van der Waals surface area contributed by atoms with E-state index in [-0.39, 0.29) is 36.6 Å². The van der Waals surface area contributed by atoms with E-state index in [1.807, 2.05) is 0 Å². The smallest absolute Gasteiger partial charge is 0.158 e. The van der Waals surface area contributed by atoms with Crippen LogP contribution in [-0.2, 0) is 36.6 Å². The average molecular weight is 485 g/mol. The number of fused-ring (bicyclic) bond motifs is 1. The SMILES string of the molecule is O=CCC1C(O)CC(OC2CCCCO2)C1C=CC(OC1CCCCO1)C1Cc2ccccc2C1. The summed E-state index contributed by atoms with van der Waals surface area (Å²) in [4.78, 5) is 11.4. The molecule has 0 bridgehead atoms. The van der Waals surface area contributed by atoms with Crippen LogP contribution < -0.4 is 0 Å². The van der Waals surface area contributed by atoms with Crippen molar-refractivity contribution in [1.82, 2.24) is 0 Å². The van der Waals surface area contributed by atoms with Crippen molar-refractivity contribution in [3.05, 3.63) is 47.5 Å². The van der Waals surface area contributed by atoms with Crippen molar-refractivity contribution in [3.8, 4) is 0 Å². The first-order valence-corrected chi connectivity index (χ1v) is 13.6. The Balaban J connectivity index is 1.33. The molecule has 6 nitrogen and oxygen atoms in total. The average Bonchev–Trinajstić information content (AvgIpc) is 3.44. The van der Waals surface area contributed by atoms with Crippen LogP contribution in [0.2, 0.25) is 0 Å². The molecule has 0 aromatic heterocycles. The number of ether oxygens (including phenoxy) is 4. The quantitative estimate of drug-likeness (QED) is 0.415. The zero-order valence-electron chi connectivity index (χ0n) is 20.6. The number of hydrogen-bond donors (Lipinski definition) is 1. The van der Waals surface area contributed by atoms with Gasteiger partial charge >= 0.3 is 0 Å². The van der Waals surface area contributed by atoms with Crippen LogP contribution >= 0.6 is 0 Å². The molecule has 1 aromatic rings. The first-order chi connectivity index (χ1) is 17.2. The molecule has 7 unspecified atom stereocenters. The van der Waals surface area contributed by atoms with Gasteiger partial charge in [-0.15, -0.1) is 0 Å². The Labute approximate surface area is 209 Å². The number of rotatable bonds is 9. The summed E-state index contributed by atoms with van der Waals surface area (Å²) in [5.41, 5.74) is 2.80. The van der Waals surface area contributed by atoms with Gasteiger partial charge in [0.2, 0.25) is 0 Å². The fraction of sp³-hybridized carbons (Fsp3) is 0.690. The van der Waals surface area contributed by atoms with E-state index < -0.39 is 6.10 Å². The number of hydrogen-bond acceptors (Lipinski definition) is 6. The van der Waals surface area contributed by atoms with E-state index in [0.717, 1.165) is 70.9 Å². The van der Waals surface area contributed by atoms with Gasteiger partial charge in [0.1, 0.15) is 6.29 Å². The topological polar surface area (TPSA) is 74.2 Å². The maximum absolute atomic E-state index is 11.4. The van der Waals surface area contributed by atoms with Crippen molar-refractivity contribution in [3.63, 3.8) is 0 Å². The Morgan fingerprint density at radius 3 is 2.31 bits per heavy atom. The van der Waals surface area contributed by atoms with Gasteiger partial charge in [-0.1, -0.05) is 36.4 Å². The molecule has 4 aliphatic rings. The number of carbonyl (C=O) groups is 1. The molecule has 35 heavy (non-hydrogen) atoms. The molecule has 1 N–H and O–H groups in total. The third-order valence-corrected chi connectivity index (χ3v) is 8.24. The second-order valence-corrected chi connectivity index (χ2v) is 10.6. The van der Waals surface area contributed by atoms with Crippen LogP contribution in [0.3, 0.4) is 0 Å². The van der Waals surface area contributed by atoms with Crippen LogP contribution in [0.5, 0.6) is 0 Å². The van der Waals surface area contributed by atoms with Gasteiger partial charge in [0, 0.05) is 37.9 Å². The Kier molecular flexibility index (Phi) is 8.68. The fourth-order valence-electron chi connectivity index (χ4n) is 6.32. The minimum atomic E-state index is -0.555. The van der Waals surface area contributed by atoms with Crippen LogP contribution in [0.25, 0.3) is 0 Å². The monoisotopic (exact) mass is 484 g/mol. The third-order valence-electron chi connectivity index (χ3n) is 8.24. The van der Waals surface area contributed by atoms with E-state index in [9.17, 15) is 9.90 Å². The Bertz CT molecular complexity index is 818. The largest absolute Gasteiger partial charge is 0.393 e. The summed E-state index contributed by atoms with van der Waals surface area (Å²) in [5, 5.41) is 10.8. The van der Waals surface area contributed by atoms with Gasteiger partial charge in [0.15, 0.2) is 12.6 Å². The molecule has 192 valence electrons. The number of benzene rings is 1. The van der Waals surface area contributed by atoms with E-state index in [1.54, 1.807) is 0 Å². The van der Waals surface area contributed by atoms with E-state index in [0.29, 0.717) is 18.8 Å². The van der Waals surface area contributed by atoms with Gasteiger partial charge in [-0.3, -0.25) is 0 Å². The van der Waals surface area contributed by atoms with E-state index in [1.165, 1.54) is 11.1 Å². The van der Waals surface area contributed by atoms with Crippen LogP contribution in [0.15, 0.2) is 36.4 Å². The second-order valence-electron chi connectivity index (χ2n) is 10.6. The summed E-state index contributed by atoms with van der Waals surface area (Å²) >= 11 is 0. The predicted molar refractivity (Wildman–Crippen MR) is 132 cm³/mol. The highest BCUT2D eigenvalue weighted by molar-refractivity contribution is 5.50. The van der Waals surface area contributed by atoms with Crippen LogP contribution in [0, 0.1) is 17.8 Å². The molecule has 1 saturated carbocycles. The van der Waals surface area contributed by atoms with Crippen molar-refractivity contribution < 1.29 is 28.8 Å². The molecule has 6 heteroatoms. The lowest BCUT2D eigenvalue weighted by Gasteiger charge is -2.31. The second kappa shape index (κ2) is 12.1. The summed E-state index contributed by atoms with van der Waals surface area (Å²) < 4.78 is 24.7. The highest BCUT2D eigenvalue weighted by Crippen LogP contribution is 2.40. The standard InChI is InChI=1S/C29H40O6/c30-14-13-23-24(27(19-25(23)31)35-29-10-4-6-16-33-29)11-12-26(34-28-9-3-5-15-32-28)22-17-20-7-1-2-8-21(20)18-22/h1-2,7-8,11-12,14,22-29,31H,3-6,9-10,13,15-19H2. The number of aliphatic hydroxyl groups excluding tert-OH is 1. The molecular formula is C29H40O6. The molecule has 1 aromatic carbocycles. The first-order valence-electron chi connectivity index (χ1n) is 13.6. The lowest BCUT2D eigenvalue weighted by Crippen LogP contribution is -2.33. The third kappa shape index (κ3) is 6.23. The van der Waals surface area contributed by atoms with Gasteiger partial charge in [0.05, 0.1) is 18.3 Å². The minimum Gasteiger partial charge on any atom is -0.393 e. The summed E-state index contributed by atoms with van der Waals surface area (Å²) in [6.07, 6.45) is 13.0. The minimum absolute atomic E-state index is 0.0529. The predicted octanol–water partition coefficient (Wildman–Crippen LogP) is 4.37. The van der Waals surface area contributed by atoms with Gasteiger partial charge in [-0.2, -0.15) is 0 Å². The molecule has 3 fully saturated rings. The van der Waals surface area contributed by atoms with Crippen molar-refractivity contribution in [2.45, 2.75) is 95.1 Å². The molecule has 2 aliphatic carbocycles. The number of carbonyl (C=O) groups excluding carboxylic acids is 1. The van der Waals surface area contributed by atoms with Crippen molar-refractivity contribution >= 4 is 6.29 Å². The highest BCUT2D eigenvalue weighted by Gasteiger charge is 2.43. The Hall–Kier alpha value is -1.57. The number of aliphatic hydroxyl groups is 1. The Morgan fingerprint density at radius 1 is 1.00 bits per heavy atom. The molecule has 7 atom stereocenters. The van der Waals surface area contributed by atoms with Crippen LogP contribution in [0.1, 0.15) is 62.5 Å². The zero-order valence-corrected chi connectivity index (χ0v) is 20.6. The van der Waals surface area contributed by atoms with E-state index in [2.05, 4.69) is 36.4 Å². The van der Waals surface area contributed by atoms with Gasteiger partial charge in [-0.25, -0.2) is 0 Å². The summed E-state index contributed by atoms with van der Waals surface area (Å²) in [6, 6.07) is 8.65. The van der Waals surface area contributed by atoms with Crippen molar-refractivity contribution in [1.29, 1.82) is 0 Å².